The third-order valence-corrected chi connectivity index (χ3v) is 5.31. The van der Waals surface area contributed by atoms with Gasteiger partial charge in [0.25, 0.3) is 0 Å². The molecule has 0 N–H and O–H groups in total. The van der Waals surface area contributed by atoms with Gasteiger partial charge in [-0.2, -0.15) is 31.8 Å². The number of nitrogens with zero attached hydrogens (tertiary/aromatic N) is 5. The fourth-order valence-corrected chi connectivity index (χ4v) is 3.21. The van der Waals surface area contributed by atoms with E-state index in [1.165, 1.54) is 35.1 Å². The van der Waals surface area contributed by atoms with Crippen LogP contribution in [0.1, 0.15) is 5.69 Å². The smallest absolute Gasteiger partial charge is 0.487 e. The van der Waals surface area contributed by atoms with Crippen molar-refractivity contribution in [2.24, 2.45) is 7.05 Å². The summed E-state index contributed by atoms with van der Waals surface area (Å²) in [6.07, 6.45) is 5.62. The summed E-state index contributed by atoms with van der Waals surface area (Å²) < 4.78 is 72.8. The van der Waals surface area contributed by atoms with Crippen molar-refractivity contribution in [2.75, 3.05) is 0 Å². The first kappa shape index (κ1) is 22.3. The maximum atomic E-state index is 12.5. The second-order valence-corrected chi connectivity index (χ2v) is 8.28. The van der Waals surface area contributed by atoms with Crippen LogP contribution in [0.2, 0.25) is 0 Å². The summed E-state index contributed by atoms with van der Waals surface area (Å²) in [6.45, 7) is -0.197. The predicted molar refractivity (Wildman–Crippen MR) is 108 cm³/mol. The zero-order valence-electron chi connectivity index (χ0n) is 16.7. The average Bonchev–Trinajstić information content (AvgIpc) is 3.18. The number of ether oxygens (including phenoxy) is 1. The minimum Gasteiger partial charge on any atom is -0.487 e. The van der Waals surface area contributed by atoms with E-state index < -0.39 is 21.4 Å². The first-order valence-corrected chi connectivity index (χ1v) is 10.5. The number of hydrogen-bond acceptors (Lipinski definition) is 8. The molecule has 172 valence electrons. The van der Waals surface area contributed by atoms with Gasteiger partial charge in [-0.1, -0.05) is 0 Å². The van der Waals surface area contributed by atoms with Crippen molar-refractivity contribution in [3.05, 3.63) is 71.0 Å². The SMILES string of the molecule is Cn1cc(-n2ccc(=O)c(COc3ccc4ncc(OS(=O)(=O)C(F)(F)F)cc4c3)n2)cn1. The molecule has 0 bridgehead atoms. The van der Waals surface area contributed by atoms with Crippen molar-refractivity contribution in [3.63, 3.8) is 0 Å². The number of alkyl halides is 3. The van der Waals surface area contributed by atoms with Gasteiger partial charge < -0.3 is 8.92 Å². The molecule has 4 aromatic rings. The fourth-order valence-electron chi connectivity index (χ4n) is 2.77. The molecule has 0 spiro atoms. The largest absolute Gasteiger partial charge is 0.534 e. The number of benzene rings is 1. The molecule has 0 amide bonds. The summed E-state index contributed by atoms with van der Waals surface area (Å²) in [5.74, 6) is -0.362. The van der Waals surface area contributed by atoms with Crippen LogP contribution in [0.25, 0.3) is 16.6 Å². The summed E-state index contributed by atoms with van der Waals surface area (Å²) >= 11 is 0. The van der Waals surface area contributed by atoms with Crippen molar-refractivity contribution in [3.8, 4) is 17.2 Å². The van der Waals surface area contributed by atoms with E-state index in [2.05, 4.69) is 19.4 Å². The van der Waals surface area contributed by atoms with Gasteiger partial charge in [0.05, 0.1) is 24.1 Å². The highest BCUT2D eigenvalue weighted by Crippen LogP contribution is 2.29. The van der Waals surface area contributed by atoms with Crippen LogP contribution in [0.3, 0.4) is 0 Å². The van der Waals surface area contributed by atoms with Gasteiger partial charge in [-0.3, -0.25) is 14.5 Å². The monoisotopic (exact) mass is 481 g/mol. The zero-order chi connectivity index (χ0) is 23.8. The van der Waals surface area contributed by atoms with Gasteiger partial charge in [-0.25, -0.2) is 4.68 Å². The number of aromatic nitrogens is 5. The fraction of sp³-hybridized carbons (Fsp3) is 0.158. The van der Waals surface area contributed by atoms with Crippen LogP contribution in [0, 0.1) is 0 Å². The van der Waals surface area contributed by atoms with Crippen LogP contribution in [0.4, 0.5) is 13.2 Å². The lowest BCUT2D eigenvalue weighted by Crippen LogP contribution is -2.28. The molecule has 0 saturated carbocycles. The van der Waals surface area contributed by atoms with E-state index in [4.69, 9.17) is 4.74 Å². The van der Waals surface area contributed by atoms with E-state index in [0.29, 0.717) is 11.2 Å². The molecule has 0 aliphatic heterocycles. The highest BCUT2D eigenvalue weighted by molar-refractivity contribution is 7.88. The maximum absolute atomic E-state index is 12.5. The molecule has 3 heterocycles. The van der Waals surface area contributed by atoms with Gasteiger partial charge in [0.1, 0.15) is 23.7 Å². The molecule has 0 aliphatic rings. The normalized spacial score (nSPS) is 12.1. The molecule has 0 saturated heterocycles. The molecule has 3 aromatic heterocycles. The van der Waals surface area contributed by atoms with Gasteiger partial charge in [0, 0.05) is 24.7 Å². The first-order valence-electron chi connectivity index (χ1n) is 9.13. The number of pyridine rings is 1. The Balaban J connectivity index is 1.55. The highest BCUT2D eigenvalue weighted by Gasteiger charge is 2.48. The number of hydrogen-bond donors (Lipinski definition) is 0. The van der Waals surface area contributed by atoms with E-state index in [9.17, 15) is 26.4 Å². The summed E-state index contributed by atoms with van der Waals surface area (Å²) in [5, 5.41) is 8.53. The molecule has 1 aromatic carbocycles. The lowest BCUT2D eigenvalue weighted by molar-refractivity contribution is -0.0500. The molecule has 10 nitrogen and oxygen atoms in total. The van der Waals surface area contributed by atoms with Crippen LogP contribution in [0.15, 0.2) is 59.9 Å². The zero-order valence-corrected chi connectivity index (χ0v) is 17.5. The van der Waals surface area contributed by atoms with Crippen molar-refractivity contribution < 1.29 is 30.5 Å². The Morgan fingerprint density at radius 3 is 2.55 bits per heavy atom. The maximum Gasteiger partial charge on any atom is 0.534 e. The van der Waals surface area contributed by atoms with Crippen molar-refractivity contribution in [1.29, 1.82) is 0 Å². The molecule has 0 fully saturated rings. The van der Waals surface area contributed by atoms with Gasteiger partial charge >= 0.3 is 15.6 Å². The summed E-state index contributed by atoms with van der Waals surface area (Å²) in [4.78, 5) is 16.0. The van der Waals surface area contributed by atoms with Crippen LogP contribution in [-0.2, 0) is 23.8 Å². The summed E-state index contributed by atoms with van der Waals surface area (Å²) in [5.41, 5.74) is -4.83. The summed E-state index contributed by atoms with van der Waals surface area (Å²) in [7, 11) is -4.09. The average molecular weight is 481 g/mol. The standard InChI is InChI=1S/C19H14F3N5O5S/c1-26-10-13(8-24-26)27-5-4-18(28)17(25-27)11-31-14-2-3-16-12(6-14)7-15(9-23-16)32-33(29,30)19(20,21)22/h2-10H,11H2,1H3. The molecule has 4 rings (SSSR count). The van der Waals surface area contributed by atoms with Crippen LogP contribution >= 0.6 is 0 Å². The lowest BCUT2D eigenvalue weighted by atomic mass is 10.2. The second-order valence-electron chi connectivity index (χ2n) is 6.74. The number of aryl methyl sites for hydroxylation is 1. The predicted octanol–water partition coefficient (Wildman–Crippen LogP) is 2.32. The van der Waals surface area contributed by atoms with Crippen molar-refractivity contribution in [1.82, 2.24) is 24.5 Å². The van der Waals surface area contributed by atoms with E-state index in [-0.39, 0.29) is 28.9 Å². The Hall–Kier alpha value is -3.94. The van der Waals surface area contributed by atoms with E-state index >= 15 is 0 Å². The van der Waals surface area contributed by atoms with Gasteiger partial charge in [0.2, 0.25) is 5.43 Å². The molecule has 0 atom stereocenters. The lowest BCUT2D eigenvalue weighted by Gasteiger charge is -2.10. The third-order valence-electron chi connectivity index (χ3n) is 4.33. The van der Waals surface area contributed by atoms with E-state index in [0.717, 1.165) is 12.3 Å². The number of halogens is 3. The third kappa shape index (κ3) is 4.79. The second kappa shape index (κ2) is 8.20. The minimum atomic E-state index is -5.83. The van der Waals surface area contributed by atoms with Crippen LogP contribution < -0.4 is 14.3 Å². The van der Waals surface area contributed by atoms with Crippen LogP contribution in [0.5, 0.6) is 11.5 Å². The number of rotatable bonds is 6. The Labute approximate surface area is 183 Å². The molecule has 14 heteroatoms. The van der Waals surface area contributed by atoms with E-state index in [1.807, 2.05) is 0 Å². The Kier molecular flexibility index (Phi) is 5.53. The minimum absolute atomic E-state index is 0.105. The Morgan fingerprint density at radius 2 is 1.85 bits per heavy atom. The molecule has 0 unspecified atom stereocenters. The van der Waals surface area contributed by atoms with Gasteiger partial charge in [-0.05, 0) is 24.3 Å². The van der Waals surface area contributed by atoms with E-state index in [1.54, 1.807) is 24.1 Å². The molecular formula is C19H14F3N5O5S. The molecule has 0 aliphatic carbocycles. The quantitative estimate of drug-likeness (QED) is 0.304. The van der Waals surface area contributed by atoms with Crippen LogP contribution in [-0.4, -0.2) is 38.5 Å². The first-order chi connectivity index (χ1) is 15.5. The van der Waals surface area contributed by atoms with Crippen molar-refractivity contribution in [2.45, 2.75) is 12.1 Å². The number of fused-ring (bicyclic) bond motifs is 1. The molecular weight excluding hydrogens is 467 g/mol. The summed E-state index contributed by atoms with van der Waals surface area (Å²) in [6, 6.07) is 6.87. The molecule has 0 radical (unpaired) electrons. The van der Waals surface area contributed by atoms with Crippen molar-refractivity contribution >= 4 is 21.0 Å². The van der Waals surface area contributed by atoms with Gasteiger partial charge in [0.15, 0.2) is 5.75 Å². The highest BCUT2D eigenvalue weighted by atomic mass is 32.2. The Morgan fingerprint density at radius 1 is 1.09 bits per heavy atom. The molecule has 33 heavy (non-hydrogen) atoms. The topological polar surface area (TPSA) is 118 Å². The Bertz CT molecular complexity index is 1500. The van der Waals surface area contributed by atoms with Gasteiger partial charge in [-0.15, -0.1) is 0 Å².